The molecule has 0 unspecified atom stereocenters. The summed E-state index contributed by atoms with van der Waals surface area (Å²) in [7, 11) is 3.42. The molecule has 0 amide bonds. The van der Waals surface area contributed by atoms with Crippen molar-refractivity contribution in [3.63, 3.8) is 0 Å². The number of hydrogen-bond donors (Lipinski definition) is 0. The Kier molecular flexibility index (Phi) is 5.55. The van der Waals surface area contributed by atoms with E-state index in [-0.39, 0.29) is 0 Å². The van der Waals surface area contributed by atoms with Gasteiger partial charge in [0.25, 0.3) is 0 Å². The first-order chi connectivity index (χ1) is 18.7. The lowest BCUT2D eigenvalue weighted by Gasteiger charge is -2.28. The molecule has 0 atom stereocenters. The lowest BCUT2D eigenvalue weighted by Crippen LogP contribution is -2.12. The van der Waals surface area contributed by atoms with E-state index in [9.17, 15) is 0 Å². The number of fused-ring (bicyclic) bond motifs is 7. The first-order valence-corrected chi connectivity index (χ1v) is 13.4. The van der Waals surface area contributed by atoms with Crippen molar-refractivity contribution in [2.45, 2.75) is 25.7 Å². The minimum absolute atomic E-state index is 0.893. The topological polar surface area (TPSA) is 18.5 Å². The van der Waals surface area contributed by atoms with Gasteiger partial charge in [-0.25, -0.2) is 0 Å². The Morgan fingerprint density at radius 1 is 0.395 bits per heavy atom. The summed E-state index contributed by atoms with van der Waals surface area (Å²) in [6.07, 6.45) is 4.39. The molecule has 0 saturated carbocycles. The predicted molar refractivity (Wildman–Crippen MR) is 156 cm³/mol. The van der Waals surface area contributed by atoms with Gasteiger partial charge in [-0.05, 0) is 117 Å². The fourth-order valence-electron chi connectivity index (χ4n) is 6.34. The zero-order chi connectivity index (χ0) is 25.6. The monoisotopic (exact) mass is 494 g/mol. The molecule has 5 aromatic carbocycles. The number of rotatable bonds is 4. The third-order valence-electron chi connectivity index (χ3n) is 8.36. The smallest absolute Gasteiger partial charge is 0.118 e. The van der Waals surface area contributed by atoms with Crippen LogP contribution in [-0.2, 0) is 25.7 Å². The molecule has 38 heavy (non-hydrogen) atoms. The predicted octanol–water partition coefficient (Wildman–Crippen LogP) is 8.57. The van der Waals surface area contributed by atoms with Crippen molar-refractivity contribution >= 4 is 0 Å². The van der Waals surface area contributed by atoms with Crippen LogP contribution in [0.3, 0.4) is 0 Å². The van der Waals surface area contributed by atoms with E-state index >= 15 is 0 Å². The van der Waals surface area contributed by atoms with Crippen molar-refractivity contribution in [2.24, 2.45) is 0 Å². The molecule has 2 nitrogen and oxygen atoms in total. The molecule has 2 aliphatic carbocycles. The summed E-state index contributed by atoms with van der Waals surface area (Å²) in [6.45, 7) is 0. The molecule has 0 fully saturated rings. The van der Waals surface area contributed by atoms with Crippen molar-refractivity contribution in [3.8, 4) is 56.0 Å². The number of aryl methyl sites for hydroxylation is 2. The molecule has 7 rings (SSSR count). The minimum Gasteiger partial charge on any atom is -0.497 e. The second-order valence-electron chi connectivity index (χ2n) is 10.3. The Balaban J connectivity index is 1.23. The van der Waals surface area contributed by atoms with Crippen LogP contribution in [0.1, 0.15) is 22.3 Å². The van der Waals surface area contributed by atoms with Gasteiger partial charge in [-0.1, -0.05) is 72.8 Å². The summed E-state index contributed by atoms with van der Waals surface area (Å²) in [5, 5.41) is 0. The summed E-state index contributed by atoms with van der Waals surface area (Å²) in [4.78, 5) is 0. The summed E-state index contributed by atoms with van der Waals surface area (Å²) in [5.74, 6) is 1.79. The van der Waals surface area contributed by atoms with Crippen molar-refractivity contribution in [1.82, 2.24) is 0 Å². The highest BCUT2D eigenvalue weighted by molar-refractivity contribution is 5.85. The molecule has 0 radical (unpaired) electrons. The molecule has 5 aromatic rings. The van der Waals surface area contributed by atoms with Gasteiger partial charge in [-0.15, -0.1) is 0 Å². The second-order valence-corrected chi connectivity index (χ2v) is 10.3. The van der Waals surface area contributed by atoms with Crippen LogP contribution in [0.2, 0.25) is 0 Å². The molecule has 0 aliphatic heterocycles. The lowest BCUT2D eigenvalue weighted by atomic mass is 9.76. The van der Waals surface area contributed by atoms with Gasteiger partial charge < -0.3 is 9.47 Å². The number of hydrogen-bond acceptors (Lipinski definition) is 2. The number of methoxy groups -OCH3 is 2. The summed E-state index contributed by atoms with van der Waals surface area (Å²) in [5.41, 5.74) is 16.6. The molecule has 0 saturated heterocycles. The van der Waals surface area contributed by atoms with Crippen LogP contribution in [0.15, 0.2) is 97.1 Å². The fourth-order valence-corrected chi connectivity index (χ4v) is 6.34. The standard InChI is InChI=1S/C36H30O2/c1-37-29-11-3-23(4-12-29)25-7-15-31-27(21-25)9-17-35-33(31)19-20-34-32-16-8-26(22-28(32)10-18-36(34)35)24-5-13-30(38-2)14-6-24/h3-8,11-16,19-22H,9-10,17-18H2,1-2H3. The highest BCUT2D eigenvalue weighted by atomic mass is 16.5. The van der Waals surface area contributed by atoms with Gasteiger partial charge in [0.05, 0.1) is 14.2 Å². The van der Waals surface area contributed by atoms with E-state index in [1.807, 2.05) is 24.3 Å². The van der Waals surface area contributed by atoms with Gasteiger partial charge in [0.15, 0.2) is 0 Å². The van der Waals surface area contributed by atoms with E-state index in [0.717, 1.165) is 37.2 Å². The summed E-state index contributed by atoms with van der Waals surface area (Å²) < 4.78 is 10.7. The molecular formula is C36H30O2. The van der Waals surface area contributed by atoms with Gasteiger partial charge in [0.2, 0.25) is 0 Å². The van der Waals surface area contributed by atoms with E-state index < -0.39 is 0 Å². The van der Waals surface area contributed by atoms with Crippen molar-refractivity contribution in [2.75, 3.05) is 14.2 Å². The first-order valence-electron chi connectivity index (χ1n) is 13.4. The van der Waals surface area contributed by atoms with Gasteiger partial charge in [-0.2, -0.15) is 0 Å². The average molecular weight is 495 g/mol. The van der Waals surface area contributed by atoms with Crippen LogP contribution in [0.25, 0.3) is 44.5 Å². The molecule has 0 aromatic heterocycles. The Labute approximate surface area is 224 Å². The van der Waals surface area contributed by atoms with Gasteiger partial charge in [0, 0.05) is 0 Å². The van der Waals surface area contributed by atoms with E-state index in [1.165, 1.54) is 55.6 Å². The maximum absolute atomic E-state index is 5.33. The SMILES string of the molecule is COc1ccc(-c2ccc3c(c2)CCc2c-3ccc3c2CCc2cc(-c4ccc(OC)cc4)ccc2-3)cc1. The Morgan fingerprint density at radius 3 is 1.16 bits per heavy atom. The van der Waals surface area contributed by atoms with Crippen LogP contribution >= 0.6 is 0 Å². The minimum atomic E-state index is 0.893. The molecule has 186 valence electrons. The van der Waals surface area contributed by atoms with E-state index in [2.05, 4.69) is 72.8 Å². The molecular weight excluding hydrogens is 464 g/mol. The largest absolute Gasteiger partial charge is 0.497 e. The molecule has 0 N–H and O–H groups in total. The van der Waals surface area contributed by atoms with Gasteiger partial charge in [0.1, 0.15) is 11.5 Å². The quantitative estimate of drug-likeness (QED) is 0.249. The maximum atomic E-state index is 5.33. The molecule has 2 heteroatoms. The van der Waals surface area contributed by atoms with E-state index in [0.29, 0.717) is 0 Å². The molecule has 0 bridgehead atoms. The zero-order valence-electron chi connectivity index (χ0n) is 21.9. The van der Waals surface area contributed by atoms with Crippen LogP contribution in [-0.4, -0.2) is 14.2 Å². The second kappa shape index (κ2) is 9.22. The Bertz CT molecular complexity index is 1530. The molecule has 0 spiro atoms. The third kappa shape index (κ3) is 3.80. The lowest BCUT2D eigenvalue weighted by molar-refractivity contribution is 0.415. The first kappa shape index (κ1) is 22.9. The third-order valence-corrected chi connectivity index (χ3v) is 8.36. The van der Waals surface area contributed by atoms with E-state index in [4.69, 9.17) is 9.47 Å². The van der Waals surface area contributed by atoms with Gasteiger partial charge >= 0.3 is 0 Å². The van der Waals surface area contributed by atoms with Crippen molar-refractivity contribution in [1.29, 1.82) is 0 Å². The van der Waals surface area contributed by atoms with Crippen LogP contribution in [0, 0.1) is 0 Å². The summed E-state index contributed by atoms with van der Waals surface area (Å²) in [6, 6.07) is 35.4. The normalized spacial score (nSPS) is 13.1. The van der Waals surface area contributed by atoms with Crippen molar-refractivity contribution < 1.29 is 9.47 Å². The van der Waals surface area contributed by atoms with Crippen LogP contribution < -0.4 is 9.47 Å². The number of ether oxygens (including phenoxy) is 2. The highest BCUT2D eigenvalue weighted by Gasteiger charge is 2.25. The highest BCUT2D eigenvalue weighted by Crippen LogP contribution is 2.44. The number of benzene rings is 5. The Morgan fingerprint density at radius 2 is 0.763 bits per heavy atom. The van der Waals surface area contributed by atoms with Crippen LogP contribution in [0.5, 0.6) is 11.5 Å². The van der Waals surface area contributed by atoms with Gasteiger partial charge in [-0.3, -0.25) is 0 Å². The van der Waals surface area contributed by atoms with E-state index in [1.54, 1.807) is 25.3 Å². The maximum Gasteiger partial charge on any atom is 0.118 e. The fraction of sp³-hybridized carbons (Fsp3) is 0.167. The van der Waals surface area contributed by atoms with Crippen LogP contribution in [0.4, 0.5) is 0 Å². The van der Waals surface area contributed by atoms with Crippen molar-refractivity contribution in [3.05, 3.63) is 119 Å². The molecule has 2 aliphatic rings. The Hall–Kier alpha value is -4.30. The summed E-state index contributed by atoms with van der Waals surface area (Å²) >= 11 is 0. The zero-order valence-corrected chi connectivity index (χ0v) is 21.9. The molecule has 0 heterocycles. The average Bonchev–Trinajstić information content (AvgIpc) is 3.00.